The highest BCUT2D eigenvalue weighted by Crippen LogP contribution is 2.27. The van der Waals surface area contributed by atoms with E-state index in [9.17, 15) is 20.0 Å². The fourth-order valence-corrected chi connectivity index (χ4v) is 2.43. The van der Waals surface area contributed by atoms with Crippen LogP contribution < -0.4 is 4.74 Å². The number of nitro benzene ring substituents is 1. The van der Waals surface area contributed by atoms with Gasteiger partial charge in [0.2, 0.25) is 0 Å². The minimum absolute atomic E-state index is 0.000322. The first-order chi connectivity index (χ1) is 13.0. The molecule has 7 heteroatoms. The van der Waals surface area contributed by atoms with Gasteiger partial charge in [-0.05, 0) is 54.6 Å². The second kappa shape index (κ2) is 7.57. The summed E-state index contributed by atoms with van der Waals surface area (Å²) < 4.78 is 10.6. The molecule has 0 radical (unpaired) electrons. The van der Waals surface area contributed by atoms with Crippen molar-refractivity contribution in [1.29, 1.82) is 0 Å². The van der Waals surface area contributed by atoms with Crippen LogP contribution in [0, 0.1) is 10.1 Å². The van der Waals surface area contributed by atoms with Crippen LogP contribution in [-0.2, 0) is 0 Å². The average Bonchev–Trinajstić information content (AvgIpc) is 3.15. The van der Waals surface area contributed by atoms with Gasteiger partial charge in [-0.1, -0.05) is 0 Å². The number of methoxy groups -OCH3 is 1. The number of allylic oxidation sites excluding steroid dienone is 1. The molecule has 1 heterocycles. The fraction of sp³-hybridized carbons (Fsp3) is 0.0500. The highest BCUT2D eigenvalue weighted by molar-refractivity contribution is 6.07. The van der Waals surface area contributed by atoms with Gasteiger partial charge < -0.3 is 14.3 Å². The molecule has 0 fully saturated rings. The molecule has 0 saturated heterocycles. The Hall–Kier alpha value is -3.87. The maximum Gasteiger partial charge on any atom is 0.269 e. The first-order valence-electron chi connectivity index (χ1n) is 7.92. The zero-order valence-electron chi connectivity index (χ0n) is 14.3. The van der Waals surface area contributed by atoms with Crippen LogP contribution in [0.5, 0.6) is 11.5 Å². The van der Waals surface area contributed by atoms with Crippen LogP contribution >= 0.6 is 0 Å². The molecule has 1 N–H and O–H groups in total. The third-order valence-electron chi connectivity index (χ3n) is 3.85. The van der Waals surface area contributed by atoms with Crippen LogP contribution in [0.15, 0.2) is 65.1 Å². The van der Waals surface area contributed by atoms with Gasteiger partial charge in [0.25, 0.3) is 5.69 Å². The van der Waals surface area contributed by atoms with Gasteiger partial charge in [0.05, 0.1) is 12.0 Å². The van der Waals surface area contributed by atoms with E-state index < -0.39 is 4.92 Å². The summed E-state index contributed by atoms with van der Waals surface area (Å²) in [5.41, 5.74) is 1.05. The Balaban J connectivity index is 1.75. The van der Waals surface area contributed by atoms with Gasteiger partial charge in [-0.2, -0.15) is 0 Å². The van der Waals surface area contributed by atoms with Crippen LogP contribution in [0.2, 0.25) is 0 Å². The largest absolute Gasteiger partial charge is 0.504 e. The molecule has 0 bridgehead atoms. The predicted molar refractivity (Wildman–Crippen MR) is 98.8 cm³/mol. The number of phenolic OH excluding ortho intramolecular Hbond substituents is 1. The molecule has 7 nitrogen and oxygen atoms in total. The lowest BCUT2D eigenvalue weighted by molar-refractivity contribution is -0.384. The van der Waals surface area contributed by atoms with Gasteiger partial charge in [-0.3, -0.25) is 14.9 Å². The fourth-order valence-electron chi connectivity index (χ4n) is 2.43. The summed E-state index contributed by atoms with van der Waals surface area (Å²) in [6.45, 7) is 0. The maximum atomic E-state index is 12.2. The predicted octanol–water partition coefficient (Wildman–Crippen LogP) is 4.47. The lowest BCUT2D eigenvalue weighted by Gasteiger charge is -2.04. The number of phenols is 1. The van der Waals surface area contributed by atoms with Crippen LogP contribution in [0.25, 0.3) is 17.4 Å². The summed E-state index contributed by atoms with van der Waals surface area (Å²) >= 11 is 0. The summed E-state index contributed by atoms with van der Waals surface area (Å²) in [6.07, 6.45) is 2.88. The van der Waals surface area contributed by atoms with Crippen LogP contribution in [0.4, 0.5) is 5.69 Å². The number of nitrogens with zero attached hydrogens (tertiary/aromatic N) is 1. The third kappa shape index (κ3) is 4.04. The zero-order valence-corrected chi connectivity index (χ0v) is 14.3. The van der Waals surface area contributed by atoms with Crippen molar-refractivity contribution in [2.24, 2.45) is 0 Å². The Morgan fingerprint density at radius 1 is 1.15 bits per heavy atom. The van der Waals surface area contributed by atoms with Gasteiger partial charge >= 0.3 is 0 Å². The Bertz CT molecular complexity index is 1020. The molecule has 27 heavy (non-hydrogen) atoms. The highest BCUT2D eigenvalue weighted by Gasteiger charge is 2.09. The second-order valence-corrected chi connectivity index (χ2v) is 5.59. The molecule has 2 aromatic carbocycles. The van der Waals surface area contributed by atoms with Crippen molar-refractivity contribution < 1.29 is 24.0 Å². The van der Waals surface area contributed by atoms with Crippen molar-refractivity contribution >= 4 is 17.5 Å². The Kier molecular flexibility index (Phi) is 5.03. The molecule has 0 atom stereocenters. The van der Waals surface area contributed by atoms with Crippen molar-refractivity contribution in [2.75, 3.05) is 7.11 Å². The standard InChI is InChI=1S/C20H15NO6/c1-26-20-12-14(4-9-18(20)23)17(22)10-7-16-8-11-19(27-16)13-2-5-15(6-3-13)21(24)25/h2-12,23H,1H3/b10-7+. The monoisotopic (exact) mass is 365 g/mol. The molecule has 0 aliphatic carbocycles. The van der Waals surface area contributed by atoms with Gasteiger partial charge in [-0.25, -0.2) is 0 Å². The van der Waals surface area contributed by atoms with E-state index in [0.29, 0.717) is 22.6 Å². The Morgan fingerprint density at radius 3 is 2.56 bits per heavy atom. The van der Waals surface area contributed by atoms with E-state index in [0.717, 1.165) is 0 Å². The van der Waals surface area contributed by atoms with Crippen molar-refractivity contribution in [3.63, 3.8) is 0 Å². The number of nitro groups is 1. The SMILES string of the molecule is COc1cc(C(=O)/C=C/c2ccc(-c3ccc([N+](=O)[O-])cc3)o2)ccc1O. The van der Waals surface area contributed by atoms with E-state index in [-0.39, 0.29) is 23.0 Å². The number of rotatable bonds is 6. The quantitative estimate of drug-likeness (QED) is 0.299. The van der Waals surface area contributed by atoms with Crippen molar-refractivity contribution in [2.45, 2.75) is 0 Å². The number of furan rings is 1. The van der Waals surface area contributed by atoms with Crippen LogP contribution in [-0.4, -0.2) is 22.9 Å². The highest BCUT2D eigenvalue weighted by atomic mass is 16.6. The van der Waals surface area contributed by atoms with Crippen LogP contribution in [0.1, 0.15) is 16.1 Å². The lowest BCUT2D eigenvalue weighted by Crippen LogP contribution is -1.95. The summed E-state index contributed by atoms with van der Waals surface area (Å²) in [5, 5.41) is 20.3. The van der Waals surface area contributed by atoms with Gasteiger partial charge in [0, 0.05) is 23.3 Å². The van der Waals surface area contributed by atoms with E-state index in [1.165, 1.54) is 49.6 Å². The normalized spacial score (nSPS) is 10.9. The van der Waals surface area contributed by atoms with Crippen LogP contribution in [0.3, 0.4) is 0 Å². The van der Waals surface area contributed by atoms with Crippen molar-refractivity contribution in [3.05, 3.63) is 82.1 Å². The number of hydrogen-bond acceptors (Lipinski definition) is 6. The first-order valence-corrected chi connectivity index (χ1v) is 7.92. The number of non-ortho nitro benzene ring substituents is 1. The number of aromatic hydroxyl groups is 1. The number of carbonyl (C=O) groups excluding carboxylic acids is 1. The average molecular weight is 365 g/mol. The first kappa shape index (κ1) is 17.9. The molecule has 0 aliphatic rings. The molecule has 0 aliphatic heterocycles. The van der Waals surface area contributed by atoms with E-state index >= 15 is 0 Å². The van der Waals surface area contributed by atoms with E-state index in [2.05, 4.69) is 0 Å². The molecule has 136 valence electrons. The summed E-state index contributed by atoms with van der Waals surface area (Å²) in [4.78, 5) is 22.5. The number of hydrogen-bond donors (Lipinski definition) is 1. The molecule has 0 amide bonds. The Labute approximate surface area is 154 Å². The number of carbonyl (C=O) groups is 1. The van der Waals surface area contributed by atoms with Gasteiger partial charge in [0.1, 0.15) is 11.5 Å². The number of ketones is 1. The summed E-state index contributed by atoms with van der Waals surface area (Å²) in [6, 6.07) is 13.7. The molecular formula is C20H15NO6. The maximum absolute atomic E-state index is 12.2. The van der Waals surface area contributed by atoms with E-state index in [4.69, 9.17) is 9.15 Å². The zero-order chi connectivity index (χ0) is 19.4. The number of benzene rings is 2. The van der Waals surface area contributed by atoms with E-state index in [1.54, 1.807) is 24.3 Å². The third-order valence-corrected chi connectivity index (χ3v) is 3.85. The topological polar surface area (TPSA) is 103 Å². The number of ether oxygens (including phenoxy) is 1. The molecule has 0 saturated carbocycles. The summed E-state index contributed by atoms with van der Waals surface area (Å²) in [7, 11) is 1.40. The molecular weight excluding hydrogens is 350 g/mol. The second-order valence-electron chi connectivity index (χ2n) is 5.59. The van der Waals surface area contributed by atoms with Gasteiger partial charge in [-0.15, -0.1) is 0 Å². The molecule has 3 rings (SSSR count). The van der Waals surface area contributed by atoms with Crippen molar-refractivity contribution in [1.82, 2.24) is 0 Å². The minimum Gasteiger partial charge on any atom is -0.504 e. The molecule has 0 unspecified atom stereocenters. The lowest BCUT2D eigenvalue weighted by atomic mass is 10.1. The molecule has 3 aromatic rings. The molecule has 1 aromatic heterocycles. The summed E-state index contributed by atoms with van der Waals surface area (Å²) in [5.74, 6) is 0.886. The van der Waals surface area contributed by atoms with E-state index in [1.807, 2.05) is 0 Å². The van der Waals surface area contributed by atoms with Crippen molar-refractivity contribution in [3.8, 4) is 22.8 Å². The minimum atomic E-state index is -0.468. The molecule has 0 spiro atoms. The van der Waals surface area contributed by atoms with Gasteiger partial charge in [0.15, 0.2) is 17.3 Å². The Morgan fingerprint density at radius 2 is 1.89 bits per heavy atom. The smallest absolute Gasteiger partial charge is 0.269 e.